The van der Waals surface area contributed by atoms with Crippen LogP contribution in [0.1, 0.15) is 58.8 Å². The summed E-state index contributed by atoms with van der Waals surface area (Å²) < 4.78 is 12.4. The van der Waals surface area contributed by atoms with Crippen LogP contribution in [0.5, 0.6) is 17.2 Å². The van der Waals surface area contributed by atoms with Gasteiger partial charge >= 0.3 is 0 Å². The zero-order valence-electron chi connectivity index (χ0n) is 19.8. The monoisotopic (exact) mass is 483 g/mol. The average molecular weight is 484 g/mol. The Bertz CT molecular complexity index is 1160. The van der Waals surface area contributed by atoms with Gasteiger partial charge in [-0.2, -0.15) is 0 Å². The van der Waals surface area contributed by atoms with E-state index in [9.17, 15) is 19.5 Å². The molecule has 0 aliphatic carbocycles. The van der Waals surface area contributed by atoms with E-state index in [0.29, 0.717) is 48.5 Å². The standard InChI is InChI=1S/C26H29NO6S/c1-5-26(13-19(28)21-16(4)22(29)14(2)15(3)23(21)33-26)10-11-32-18-8-6-17(7-9-18)12-20-24(30)27-25(31)34-20/h6-9,20,29H,5,10-13H2,1-4H3,(H,27,30,31). The third-order valence-electron chi connectivity index (χ3n) is 6.88. The number of Topliss-reactive ketones (excluding diaryl/α,β-unsaturated/α-hetero) is 1. The van der Waals surface area contributed by atoms with Crippen molar-refractivity contribution in [2.24, 2.45) is 0 Å². The molecule has 0 bridgehead atoms. The van der Waals surface area contributed by atoms with Crippen LogP contribution in [0.4, 0.5) is 4.79 Å². The van der Waals surface area contributed by atoms with Crippen molar-refractivity contribution >= 4 is 28.7 Å². The normalized spacial score (nSPS) is 21.8. The number of ketones is 1. The minimum atomic E-state index is -0.662. The molecule has 0 spiro atoms. The molecule has 1 saturated heterocycles. The third-order valence-corrected chi connectivity index (χ3v) is 7.86. The number of benzene rings is 2. The lowest BCUT2D eigenvalue weighted by molar-refractivity contribution is -0.118. The molecule has 4 rings (SSSR count). The van der Waals surface area contributed by atoms with Crippen LogP contribution < -0.4 is 14.8 Å². The third kappa shape index (κ3) is 4.51. The number of phenolic OH excluding ortho intramolecular Hbond substituents is 1. The number of imide groups is 1. The number of hydrogen-bond acceptors (Lipinski definition) is 7. The second-order valence-corrected chi connectivity index (χ2v) is 10.2. The maximum absolute atomic E-state index is 13.1. The van der Waals surface area contributed by atoms with Crippen molar-refractivity contribution in [1.29, 1.82) is 0 Å². The lowest BCUT2D eigenvalue weighted by Crippen LogP contribution is -2.43. The summed E-state index contributed by atoms with van der Waals surface area (Å²) >= 11 is 1.02. The molecule has 2 atom stereocenters. The first kappa shape index (κ1) is 24.1. The summed E-state index contributed by atoms with van der Waals surface area (Å²) in [6.45, 7) is 7.83. The molecule has 0 aromatic heterocycles. The predicted octanol–water partition coefficient (Wildman–Crippen LogP) is 4.79. The van der Waals surface area contributed by atoms with Crippen molar-refractivity contribution in [3.05, 3.63) is 52.1 Å². The topological polar surface area (TPSA) is 102 Å². The van der Waals surface area contributed by atoms with E-state index in [2.05, 4.69) is 5.32 Å². The van der Waals surface area contributed by atoms with Gasteiger partial charge in [-0.05, 0) is 62.4 Å². The molecule has 0 radical (unpaired) electrons. The Morgan fingerprint density at radius 3 is 2.44 bits per heavy atom. The van der Waals surface area contributed by atoms with E-state index in [4.69, 9.17) is 9.47 Å². The molecule has 8 heteroatoms. The summed E-state index contributed by atoms with van der Waals surface area (Å²) in [7, 11) is 0. The summed E-state index contributed by atoms with van der Waals surface area (Å²) in [6, 6.07) is 7.46. The fraction of sp³-hybridized carbons (Fsp3) is 0.423. The molecule has 180 valence electrons. The highest BCUT2D eigenvalue weighted by Gasteiger charge is 2.41. The van der Waals surface area contributed by atoms with Gasteiger partial charge in [0.15, 0.2) is 5.78 Å². The maximum Gasteiger partial charge on any atom is 0.286 e. The quantitative estimate of drug-likeness (QED) is 0.583. The number of nitrogens with one attached hydrogen (secondary N) is 1. The van der Waals surface area contributed by atoms with E-state index in [1.54, 1.807) is 6.92 Å². The predicted molar refractivity (Wildman–Crippen MR) is 130 cm³/mol. The van der Waals surface area contributed by atoms with Gasteiger partial charge in [0.1, 0.15) is 22.8 Å². The zero-order valence-corrected chi connectivity index (χ0v) is 20.6. The number of aromatic hydroxyl groups is 1. The van der Waals surface area contributed by atoms with Gasteiger partial charge in [-0.15, -0.1) is 0 Å². The van der Waals surface area contributed by atoms with Crippen molar-refractivity contribution in [1.82, 2.24) is 5.32 Å². The van der Waals surface area contributed by atoms with Crippen LogP contribution in [-0.4, -0.2) is 39.5 Å². The van der Waals surface area contributed by atoms with Crippen molar-refractivity contribution < 1.29 is 29.0 Å². The van der Waals surface area contributed by atoms with Gasteiger partial charge in [-0.1, -0.05) is 30.8 Å². The SMILES string of the molecule is CCC1(CCOc2ccc(CC3SC(=O)NC3=O)cc2)CC(=O)c2c(C)c(O)c(C)c(C)c2O1. The number of ether oxygens (including phenoxy) is 2. The van der Waals surface area contributed by atoms with Crippen LogP contribution in [0.3, 0.4) is 0 Å². The van der Waals surface area contributed by atoms with Gasteiger partial charge in [0.05, 0.1) is 23.8 Å². The second kappa shape index (κ2) is 9.33. The summed E-state index contributed by atoms with van der Waals surface area (Å²) in [5.41, 5.74) is 2.85. The molecule has 7 nitrogen and oxygen atoms in total. The molecule has 2 aromatic rings. The van der Waals surface area contributed by atoms with Gasteiger partial charge in [0.2, 0.25) is 5.91 Å². The molecule has 1 fully saturated rings. The van der Waals surface area contributed by atoms with Crippen LogP contribution in [0.2, 0.25) is 0 Å². The molecular formula is C26H29NO6S. The summed E-state index contributed by atoms with van der Waals surface area (Å²) in [4.78, 5) is 36.2. The van der Waals surface area contributed by atoms with Crippen molar-refractivity contribution in [3.8, 4) is 17.2 Å². The van der Waals surface area contributed by atoms with Crippen LogP contribution >= 0.6 is 11.8 Å². The Labute approximate surface area is 203 Å². The fourth-order valence-corrected chi connectivity index (χ4v) is 5.39. The van der Waals surface area contributed by atoms with Crippen LogP contribution in [0.15, 0.2) is 24.3 Å². The van der Waals surface area contributed by atoms with Crippen molar-refractivity contribution in [3.63, 3.8) is 0 Å². The summed E-state index contributed by atoms with van der Waals surface area (Å²) in [5, 5.41) is 12.0. The lowest BCUT2D eigenvalue weighted by Gasteiger charge is -2.39. The van der Waals surface area contributed by atoms with E-state index in [0.717, 1.165) is 28.5 Å². The van der Waals surface area contributed by atoms with Gasteiger partial charge in [-0.3, -0.25) is 19.7 Å². The van der Waals surface area contributed by atoms with Crippen molar-refractivity contribution in [2.45, 2.75) is 64.2 Å². The first-order valence-corrected chi connectivity index (χ1v) is 12.3. The number of hydrogen-bond donors (Lipinski definition) is 2. The molecule has 2 N–H and O–H groups in total. The van der Waals surface area contributed by atoms with Gasteiger partial charge in [0.25, 0.3) is 5.24 Å². The minimum absolute atomic E-state index is 0.0179. The van der Waals surface area contributed by atoms with Gasteiger partial charge in [-0.25, -0.2) is 0 Å². The minimum Gasteiger partial charge on any atom is -0.507 e. The largest absolute Gasteiger partial charge is 0.507 e. The van der Waals surface area contributed by atoms with E-state index >= 15 is 0 Å². The first-order chi connectivity index (χ1) is 16.1. The lowest BCUT2D eigenvalue weighted by atomic mass is 9.82. The Kier molecular flexibility index (Phi) is 6.62. The molecule has 2 aromatic carbocycles. The van der Waals surface area contributed by atoms with E-state index in [-0.39, 0.29) is 29.1 Å². The fourth-order valence-electron chi connectivity index (χ4n) is 4.53. The smallest absolute Gasteiger partial charge is 0.286 e. The molecule has 2 amide bonds. The highest BCUT2D eigenvalue weighted by molar-refractivity contribution is 8.15. The molecule has 34 heavy (non-hydrogen) atoms. The maximum atomic E-state index is 13.1. The Hall–Kier alpha value is -3.00. The van der Waals surface area contributed by atoms with Gasteiger partial charge in [0, 0.05) is 12.0 Å². The number of fused-ring (bicyclic) bond motifs is 1. The molecular weight excluding hydrogens is 454 g/mol. The highest BCUT2D eigenvalue weighted by atomic mass is 32.2. The van der Waals surface area contributed by atoms with E-state index in [1.165, 1.54) is 0 Å². The second-order valence-electron chi connectivity index (χ2n) is 9.00. The van der Waals surface area contributed by atoms with E-state index in [1.807, 2.05) is 45.0 Å². The van der Waals surface area contributed by atoms with E-state index < -0.39 is 10.9 Å². The number of rotatable bonds is 7. The summed E-state index contributed by atoms with van der Waals surface area (Å²) in [5.74, 6) is 1.14. The Balaban J connectivity index is 1.41. The Morgan fingerprint density at radius 2 is 1.82 bits per heavy atom. The van der Waals surface area contributed by atoms with Gasteiger partial charge < -0.3 is 14.6 Å². The number of phenols is 1. The number of amides is 2. The van der Waals surface area contributed by atoms with Crippen LogP contribution in [-0.2, 0) is 11.2 Å². The highest BCUT2D eigenvalue weighted by Crippen LogP contribution is 2.45. The summed E-state index contributed by atoms with van der Waals surface area (Å²) in [6.07, 6.45) is 1.90. The molecule has 2 aliphatic heterocycles. The molecule has 0 saturated carbocycles. The Morgan fingerprint density at radius 1 is 1.12 bits per heavy atom. The van der Waals surface area contributed by atoms with Crippen LogP contribution in [0.25, 0.3) is 0 Å². The molecule has 2 unspecified atom stereocenters. The zero-order chi connectivity index (χ0) is 24.6. The first-order valence-electron chi connectivity index (χ1n) is 11.4. The molecule has 2 aliphatic rings. The molecule has 2 heterocycles. The van der Waals surface area contributed by atoms with Crippen molar-refractivity contribution in [2.75, 3.05) is 6.61 Å². The number of thioether (sulfide) groups is 1. The number of carbonyl (C=O) groups is 3. The van der Waals surface area contributed by atoms with Crippen LogP contribution in [0, 0.1) is 20.8 Å². The number of carbonyl (C=O) groups excluding carboxylic acids is 3. The average Bonchev–Trinajstić information content (AvgIpc) is 3.13.